The number of hydrogen-bond acceptors (Lipinski definition) is 4. The van der Waals surface area contributed by atoms with Crippen molar-refractivity contribution in [3.05, 3.63) is 0 Å². The van der Waals surface area contributed by atoms with Crippen molar-refractivity contribution in [1.29, 1.82) is 5.41 Å². The van der Waals surface area contributed by atoms with Crippen molar-refractivity contribution in [2.24, 2.45) is 5.73 Å². The van der Waals surface area contributed by atoms with E-state index in [1.165, 1.54) is 0 Å². The Kier molecular flexibility index (Phi) is 10.8. The van der Waals surface area contributed by atoms with Crippen LogP contribution >= 0.6 is 0 Å². The van der Waals surface area contributed by atoms with Crippen LogP contribution < -0.4 is 5.73 Å². The van der Waals surface area contributed by atoms with E-state index in [0.29, 0.717) is 19.8 Å². The molecule has 0 heterocycles. The lowest BCUT2D eigenvalue weighted by atomic mass is 10.3. The number of nitrogens with one attached hydrogen (secondary N) is 1. The number of amidine groups is 1. The van der Waals surface area contributed by atoms with E-state index < -0.39 is 5.97 Å². The Bertz CT molecular complexity index is 208. The summed E-state index contributed by atoms with van der Waals surface area (Å²) in [5, 5.41) is 7.71. The highest BCUT2D eigenvalue weighted by Gasteiger charge is 2.37. The van der Waals surface area contributed by atoms with E-state index in [0.717, 1.165) is 38.5 Å². The minimum absolute atomic E-state index is 0.212. The van der Waals surface area contributed by atoms with Crippen molar-refractivity contribution in [3.63, 3.8) is 0 Å². The highest BCUT2D eigenvalue weighted by atomic mass is 16.9. The van der Waals surface area contributed by atoms with Gasteiger partial charge in [0.05, 0.1) is 19.8 Å². The van der Waals surface area contributed by atoms with E-state index in [4.69, 9.17) is 25.4 Å². The van der Waals surface area contributed by atoms with Crippen molar-refractivity contribution >= 4 is 5.84 Å². The molecule has 114 valence electrons. The Balaban J connectivity index is 4.53. The minimum atomic E-state index is -1.49. The van der Waals surface area contributed by atoms with Gasteiger partial charge in [-0.05, 0) is 19.3 Å². The third-order valence-electron chi connectivity index (χ3n) is 2.70. The molecular weight excluding hydrogens is 244 g/mol. The predicted octanol–water partition coefficient (Wildman–Crippen LogP) is 3.03. The van der Waals surface area contributed by atoms with E-state index in [-0.39, 0.29) is 5.84 Å². The zero-order valence-electron chi connectivity index (χ0n) is 12.7. The van der Waals surface area contributed by atoms with Crippen LogP contribution in [0, 0.1) is 5.41 Å². The number of rotatable bonds is 13. The van der Waals surface area contributed by atoms with E-state index >= 15 is 0 Å². The van der Waals surface area contributed by atoms with E-state index in [2.05, 4.69) is 20.8 Å². The lowest BCUT2D eigenvalue weighted by Gasteiger charge is -2.32. The summed E-state index contributed by atoms with van der Waals surface area (Å²) in [6.45, 7) is 7.68. The molecule has 0 atom stereocenters. The summed E-state index contributed by atoms with van der Waals surface area (Å²) in [4.78, 5) is 0. The molecule has 0 spiro atoms. The summed E-state index contributed by atoms with van der Waals surface area (Å²) < 4.78 is 16.9. The number of nitrogens with two attached hydrogens (primary N) is 1. The van der Waals surface area contributed by atoms with Crippen molar-refractivity contribution in [1.82, 2.24) is 0 Å². The molecule has 5 heteroatoms. The molecule has 0 saturated heterocycles. The van der Waals surface area contributed by atoms with Crippen LogP contribution in [0.1, 0.15) is 59.3 Å². The minimum Gasteiger partial charge on any atom is -0.381 e. The largest absolute Gasteiger partial charge is 0.381 e. The molecule has 0 radical (unpaired) electrons. The van der Waals surface area contributed by atoms with Gasteiger partial charge < -0.3 is 19.9 Å². The topological polar surface area (TPSA) is 77.6 Å². The molecule has 0 aromatic carbocycles. The van der Waals surface area contributed by atoms with E-state index in [1.54, 1.807) is 0 Å². The fraction of sp³-hybridized carbons (Fsp3) is 0.929. The van der Waals surface area contributed by atoms with Crippen molar-refractivity contribution in [3.8, 4) is 0 Å². The number of hydrogen-bond donors (Lipinski definition) is 2. The average Bonchev–Trinajstić information content (AvgIpc) is 2.38. The molecule has 0 fully saturated rings. The highest BCUT2D eigenvalue weighted by molar-refractivity contribution is 5.83. The fourth-order valence-electron chi connectivity index (χ4n) is 1.41. The maximum Gasteiger partial charge on any atom is 0.345 e. The first-order valence-corrected chi connectivity index (χ1v) is 7.39. The van der Waals surface area contributed by atoms with Crippen molar-refractivity contribution in [2.75, 3.05) is 19.8 Å². The van der Waals surface area contributed by atoms with Gasteiger partial charge in [-0.1, -0.05) is 40.0 Å². The van der Waals surface area contributed by atoms with Crippen molar-refractivity contribution < 1.29 is 14.2 Å². The van der Waals surface area contributed by atoms with Crippen LogP contribution in [0.25, 0.3) is 0 Å². The van der Waals surface area contributed by atoms with E-state index in [9.17, 15) is 0 Å². The van der Waals surface area contributed by atoms with Gasteiger partial charge in [0.1, 0.15) is 0 Å². The molecule has 0 aliphatic carbocycles. The monoisotopic (exact) mass is 274 g/mol. The second-order valence-corrected chi connectivity index (χ2v) is 4.58. The van der Waals surface area contributed by atoms with Gasteiger partial charge in [0.15, 0.2) is 5.84 Å². The lowest BCUT2D eigenvalue weighted by Crippen LogP contribution is -2.51. The maximum atomic E-state index is 7.71. The predicted molar refractivity (Wildman–Crippen MR) is 77.2 cm³/mol. The Morgan fingerprint density at radius 3 is 1.37 bits per heavy atom. The molecule has 0 amide bonds. The van der Waals surface area contributed by atoms with Gasteiger partial charge in [0, 0.05) is 0 Å². The second-order valence-electron chi connectivity index (χ2n) is 4.58. The quantitative estimate of drug-likeness (QED) is 0.234. The molecule has 0 rings (SSSR count). The van der Waals surface area contributed by atoms with Gasteiger partial charge in [0.25, 0.3) is 0 Å². The summed E-state index contributed by atoms with van der Waals surface area (Å²) in [5.41, 5.74) is 5.63. The zero-order valence-corrected chi connectivity index (χ0v) is 12.7. The zero-order chi connectivity index (χ0) is 14.6. The Hall–Kier alpha value is -0.650. The SMILES string of the molecule is CCCCOC(OCCCC)(OCCCC)C(=N)N. The van der Waals surface area contributed by atoms with Crippen LogP contribution in [0.15, 0.2) is 0 Å². The summed E-state index contributed by atoms with van der Waals surface area (Å²) in [6, 6.07) is 0. The standard InChI is InChI=1S/C14H30N2O3/c1-4-7-10-17-14(13(15)16,18-11-8-5-2)19-12-9-6-3/h4-12H2,1-3H3,(H3,15,16). The molecule has 0 unspecified atom stereocenters. The van der Waals surface area contributed by atoms with Gasteiger partial charge >= 0.3 is 5.97 Å². The number of unbranched alkanes of at least 4 members (excludes halogenated alkanes) is 3. The Morgan fingerprint density at radius 2 is 1.16 bits per heavy atom. The van der Waals surface area contributed by atoms with Crippen LogP contribution in [-0.2, 0) is 14.2 Å². The Morgan fingerprint density at radius 1 is 0.842 bits per heavy atom. The molecular formula is C14H30N2O3. The fourth-order valence-corrected chi connectivity index (χ4v) is 1.41. The maximum absolute atomic E-state index is 7.71. The van der Waals surface area contributed by atoms with Crippen molar-refractivity contribution in [2.45, 2.75) is 65.3 Å². The van der Waals surface area contributed by atoms with Gasteiger partial charge in [0.2, 0.25) is 0 Å². The van der Waals surface area contributed by atoms with Crippen LogP contribution in [0.4, 0.5) is 0 Å². The summed E-state index contributed by atoms with van der Waals surface area (Å²) in [7, 11) is 0. The molecule has 0 aliphatic rings. The molecule has 0 saturated carbocycles. The van der Waals surface area contributed by atoms with Gasteiger partial charge in [-0.15, -0.1) is 0 Å². The highest BCUT2D eigenvalue weighted by Crippen LogP contribution is 2.18. The Labute approximate surface area is 117 Å². The molecule has 3 N–H and O–H groups in total. The molecule has 0 aliphatic heterocycles. The lowest BCUT2D eigenvalue weighted by molar-refractivity contribution is -0.337. The summed E-state index contributed by atoms with van der Waals surface area (Å²) >= 11 is 0. The van der Waals surface area contributed by atoms with Crippen LogP contribution in [0.3, 0.4) is 0 Å². The third kappa shape index (κ3) is 7.50. The second kappa shape index (κ2) is 11.2. The van der Waals surface area contributed by atoms with Gasteiger partial charge in [-0.2, -0.15) is 0 Å². The first kappa shape index (κ1) is 18.4. The number of ether oxygens (including phenoxy) is 3. The molecule has 19 heavy (non-hydrogen) atoms. The summed E-state index contributed by atoms with van der Waals surface area (Å²) in [5.74, 6) is -1.70. The molecule has 0 aromatic heterocycles. The summed E-state index contributed by atoms with van der Waals surface area (Å²) in [6.07, 6.45) is 5.71. The molecule has 5 nitrogen and oxygen atoms in total. The van der Waals surface area contributed by atoms with Gasteiger partial charge in [-0.3, -0.25) is 5.41 Å². The van der Waals surface area contributed by atoms with E-state index in [1.807, 2.05) is 0 Å². The molecule has 0 aromatic rings. The smallest absolute Gasteiger partial charge is 0.345 e. The first-order chi connectivity index (χ1) is 9.13. The van der Waals surface area contributed by atoms with Crippen LogP contribution in [-0.4, -0.2) is 31.6 Å². The van der Waals surface area contributed by atoms with Crippen LogP contribution in [0.2, 0.25) is 0 Å². The normalized spacial score (nSPS) is 11.7. The van der Waals surface area contributed by atoms with Crippen LogP contribution in [0.5, 0.6) is 0 Å². The van der Waals surface area contributed by atoms with Gasteiger partial charge in [-0.25, -0.2) is 0 Å². The third-order valence-corrected chi connectivity index (χ3v) is 2.70. The first-order valence-electron chi connectivity index (χ1n) is 7.39. The molecule has 0 bridgehead atoms. The average molecular weight is 274 g/mol.